The number of thioether (sulfide) groups is 1. The number of para-hydroxylation sites is 1. The van der Waals surface area contributed by atoms with Crippen molar-refractivity contribution in [2.24, 2.45) is 0 Å². The number of carbonyl (C=O) groups excluding carboxylic acids is 1. The summed E-state index contributed by atoms with van der Waals surface area (Å²) < 4.78 is 3.70. The molecule has 0 aliphatic rings. The minimum atomic E-state index is -0.102. The van der Waals surface area contributed by atoms with Crippen LogP contribution in [-0.4, -0.2) is 33.4 Å². The number of hydrogen-bond acceptors (Lipinski definition) is 3. The number of aromatic hydroxyl groups is 1. The summed E-state index contributed by atoms with van der Waals surface area (Å²) in [6.45, 7) is 0.712. The summed E-state index contributed by atoms with van der Waals surface area (Å²) in [6.07, 6.45) is 0. The highest BCUT2D eigenvalue weighted by Gasteiger charge is 2.20. The Hall–Kier alpha value is -1.59. The maximum Gasteiger partial charge on any atom is 0.311 e. The average Bonchev–Trinajstić information content (AvgIpc) is 2.74. The van der Waals surface area contributed by atoms with E-state index in [1.807, 2.05) is 84.2 Å². The molecular formula is C23H21I2N2O2S+. The molecule has 0 radical (unpaired) electrons. The first-order valence-corrected chi connectivity index (χ1v) is 12.4. The van der Waals surface area contributed by atoms with E-state index in [9.17, 15) is 9.90 Å². The van der Waals surface area contributed by atoms with Gasteiger partial charge in [0.1, 0.15) is 18.0 Å². The van der Waals surface area contributed by atoms with Crippen LogP contribution in [-0.2, 0) is 6.54 Å². The fraction of sp³-hybridized carbons (Fsp3) is 0.130. The lowest BCUT2D eigenvalue weighted by Gasteiger charge is -2.10. The number of nitrogens with zero attached hydrogens (tertiary/aromatic N) is 1. The lowest BCUT2D eigenvalue weighted by atomic mass is 10.1. The van der Waals surface area contributed by atoms with E-state index in [0.29, 0.717) is 15.7 Å². The molecule has 4 nitrogen and oxygen atoms in total. The zero-order valence-corrected chi connectivity index (χ0v) is 21.4. The van der Waals surface area contributed by atoms with Gasteiger partial charge < -0.3 is 5.11 Å². The number of phenols is 1. The average molecular weight is 643 g/mol. The zero-order valence-electron chi connectivity index (χ0n) is 16.3. The van der Waals surface area contributed by atoms with Crippen molar-refractivity contribution in [2.45, 2.75) is 6.54 Å². The fourth-order valence-electron chi connectivity index (χ4n) is 2.81. The molecule has 0 amide bonds. The molecule has 0 saturated heterocycles. The van der Waals surface area contributed by atoms with Gasteiger partial charge in [-0.25, -0.2) is 5.32 Å². The molecule has 154 valence electrons. The molecular weight excluding hydrogens is 622 g/mol. The zero-order chi connectivity index (χ0) is 21.5. The van der Waals surface area contributed by atoms with Crippen LogP contribution < -0.4 is 5.32 Å². The number of Topliss-reactive ketones (excluding diaryl/α,β-unsaturated/α-hetero) is 1. The predicted molar refractivity (Wildman–Crippen MR) is 142 cm³/mol. The maximum atomic E-state index is 12.9. The molecule has 2 N–H and O–H groups in total. The van der Waals surface area contributed by atoms with Gasteiger partial charge in [-0.1, -0.05) is 48.5 Å². The van der Waals surface area contributed by atoms with Gasteiger partial charge in [-0.15, -0.1) is 0 Å². The number of phenolic OH excluding ortho intramolecular Hbond substituents is 1. The quantitative estimate of drug-likeness (QED) is 0.117. The maximum absolute atomic E-state index is 12.9. The molecule has 30 heavy (non-hydrogen) atoms. The van der Waals surface area contributed by atoms with Gasteiger partial charge in [-0.3, -0.25) is 9.37 Å². The van der Waals surface area contributed by atoms with Gasteiger partial charge in [0.15, 0.2) is 5.78 Å². The van der Waals surface area contributed by atoms with Gasteiger partial charge in [0.2, 0.25) is 0 Å². The predicted octanol–water partition coefficient (Wildman–Crippen LogP) is 5.83. The van der Waals surface area contributed by atoms with Crippen molar-refractivity contribution in [3.8, 4) is 5.75 Å². The van der Waals surface area contributed by atoms with Crippen LogP contribution in [0.15, 0.2) is 72.8 Å². The molecule has 0 aromatic heterocycles. The van der Waals surface area contributed by atoms with Crippen molar-refractivity contribution < 1.29 is 14.5 Å². The smallest absolute Gasteiger partial charge is 0.311 e. The molecule has 0 bridgehead atoms. The minimum absolute atomic E-state index is 0.0526. The fourth-order valence-corrected chi connectivity index (χ4v) is 5.55. The van der Waals surface area contributed by atoms with Gasteiger partial charge in [-0.05, 0) is 86.8 Å². The monoisotopic (exact) mass is 643 g/mol. The highest BCUT2D eigenvalue weighted by molar-refractivity contribution is 14.1. The second-order valence-corrected chi connectivity index (χ2v) is 10.0. The van der Waals surface area contributed by atoms with Gasteiger partial charge in [0, 0.05) is 3.57 Å². The van der Waals surface area contributed by atoms with E-state index < -0.39 is 0 Å². The summed E-state index contributed by atoms with van der Waals surface area (Å²) in [6, 6.07) is 23.7. The van der Waals surface area contributed by atoms with E-state index in [4.69, 9.17) is 0 Å². The Morgan fingerprint density at radius 2 is 1.67 bits per heavy atom. The number of hydrogen-bond donors (Lipinski definition) is 2. The van der Waals surface area contributed by atoms with Crippen LogP contribution in [0.2, 0.25) is 0 Å². The van der Waals surface area contributed by atoms with Crippen molar-refractivity contribution >= 4 is 73.6 Å². The topological polar surface area (TPSA) is 52.3 Å². The highest BCUT2D eigenvalue weighted by Crippen LogP contribution is 2.28. The van der Waals surface area contributed by atoms with Crippen LogP contribution in [0.1, 0.15) is 15.9 Å². The molecule has 0 unspecified atom stereocenters. The number of rotatable bonds is 6. The molecule has 7 heteroatoms. The Morgan fingerprint density at radius 1 is 1.03 bits per heavy atom. The largest absolute Gasteiger partial charge is 0.506 e. The first-order valence-electron chi connectivity index (χ1n) is 9.22. The van der Waals surface area contributed by atoms with Crippen molar-refractivity contribution in [3.63, 3.8) is 0 Å². The highest BCUT2D eigenvalue weighted by atomic mass is 127. The van der Waals surface area contributed by atoms with Gasteiger partial charge in [0.05, 0.1) is 21.9 Å². The molecule has 0 fully saturated rings. The third-order valence-electron chi connectivity index (χ3n) is 4.30. The van der Waals surface area contributed by atoms with E-state index in [2.05, 4.69) is 44.6 Å². The van der Waals surface area contributed by atoms with E-state index >= 15 is 0 Å². The number of ketones is 1. The van der Waals surface area contributed by atoms with E-state index in [0.717, 1.165) is 14.4 Å². The standard InChI is InChI=1S/C23H20I2N2O2S/c1-27(14-16-8-4-2-5-9-16)23(26-18-10-6-3-7-11-18)30-15-21(28)19-12-17(24)13-20(25)22(19)29/h2-13H,14-15H2,1H3,(H,28,29)/p+1. The number of nitrogens with one attached hydrogen (secondary N) is 1. The Balaban J connectivity index is 1.82. The molecule has 3 aromatic rings. The van der Waals surface area contributed by atoms with Crippen LogP contribution >= 0.6 is 56.9 Å². The normalized spacial score (nSPS) is 11.7. The Labute approximate surface area is 208 Å². The summed E-state index contributed by atoms with van der Waals surface area (Å²) in [5.41, 5.74) is 2.51. The second-order valence-electron chi connectivity index (χ2n) is 6.63. The lowest BCUT2D eigenvalue weighted by molar-refractivity contribution is -0.511. The van der Waals surface area contributed by atoms with Crippen LogP contribution in [0.5, 0.6) is 5.75 Å². The van der Waals surface area contributed by atoms with E-state index in [1.165, 1.54) is 17.3 Å². The van der Waals surface area contributed by atoms with Crippen LogP contribution in [0.4, 0.5) is 5.69 Å². The second kappa shape index (κ2) is 11.1. The van der Waals surface area contributed by atoms with Crippen LogP contribution in [0.25, 0.3) is 0 Å². The number of anilines is 1. The van der Waals surface area contributed by atoms with Gasteiger partial charge in [-0.2, -0.15) is 0 Å². The van der Waals surface area contributed by atoms with Crippen LogP contribution in [0, 0.1) is 7.14 Å². The molecule has 0 saturated carbocycles. The number of benzene rings is 3. The van der Waals surface area contributed by atoms with Gasteiger partial charge in [0.25, 0.3) is 0 Å². The summed E-state index contributed by atoms with van der Waals surface area (Å²) in [5.74, 6) is 0.170. The molecule has 3 aromatic carbocycles. The minimum Gasteiger partial charge on any atom is -0.506 e. The lowest BCUT2D eigenvalue weighted by Crippen LogP contribution is -2.23. The Morgan fingerprint density at radius 3 is 2.33 bits per heavy atom. The third-order valence-corrected chi connectivity index (χ3v) is 6.84. The molecule has 0 atom stereocenters. The summed E-state index contributed by atoms with van der Waals surface area (Å²) in [5, 5.41) is 14.6. The van der Waals surface area contributed by atoms with E-state index in [1.54, 1.807) is 6.07 Å². The molecule has 0 spiro atoms. The SMILES string of the molecule is C[N+](Cc1ccccc1)=C(Nc1ccccc1)SCC(=O)c1cc(I)cc(I)c1O. The molecule has 0 aliphatic heterocycles. The molecule has 0 aliphatic carbocycles. The summed E-state index contributed by atoms with van der Waals surface area (Å²) in [7, 11) is 2.00. The Kier molecular flexibility index (Phi) is 8.58. The first-order chi connectivity index (χ1) is 14.4. The third kappa shape index (κ3) is 6.45. The van der Waals surface area contributed by atoms with Crippen molar-refractivity contribution in [3.05, 3.63) is 91.1 Å². The first kappa shape index (κ1) is 23.1. The van der Waals surface area contributed by atoms with Crippen molar-refractivity contribution in [2.75, 3.05) is 18.1 Å². The van der Waals surface area contributed by atoms with E-state index in [-0.39, 0.29) is 17.3 Å². The number of halogens is 2. The van der Waals surface area contributed by atoms with Crippen molar-refractivity contribution in [1.82, 2.24) is 0 Å². The number of carbonyl (C=O) groups is 1. The Bertz CT molecular complexity index is 1060. The van der Waals surface area contributed by atoms with Gasteiger partial charge >= 0.3 is 5.17 Å². The van der Waals surface area contributed by atoms with Crippen LogP contribution in [0.3, 0.4) is 0 Å². The molecule has 0 heterocycles. The summed E-state index contributed by atoms with van der Waals surface area (Å²) in [4.78, 5) is 12.9. The number of amidine groups is 1. The van der Waals surface area contributed by atoms with Crippen molar-refractivity contribution in [1.29, 1.82) is 0 Å². The molecule has 3 rings (SSSR count). The summed E-state index contributed by atoms with van der Waals surface area (Å²) >= 11 is 5.64.